The molecule has 0 radical (unpaired) electrons. The first-order valence-corrected chi connectivity index (χ1v) is 11.9. The van der Waals surface area contributed by atoms with Gasteiger partial charge in [-0.1, -0.05) is 77.2 Å². The summed E-state index contributed by atoms with van der Waals surface area (Å²) in [7, 11) is 1.74. The topological polar surface area (TPSA) is 21.7 Å². The average Bonchev–Trinajstić information content (AvgIpc) is 2.73. The summed E-state index contributed by atoms with van der Waals surface area (Å²) in [5, 5.41) is 0. The monoisotopic (exact) mass is 389 g/mol. The second kappa shape index (κ2) is 14.7. The Bertz CT molecular complexity index is 511. The SMILES string of the molecule is CCCCCCCCCCCCOc1ccc(CN2CCCCC2)cc1OC. The number of unbranched alkanes of at least 4 members (excludes halogenated alkanes) is 9. The van der Waals surface area contributed by atoms with Gasteiger partial charge in [-0.3, -0.25) is 4.90 Å². The zero-order valence-corrected chi connectivity index (χ0v) is 18.5. The van der Waals surface area contributed by atoms with Gasteiger partial charge >= 0.3 is 0 Å². The van der Waals surface area contributed by atoms with Crippen molar-refractivity contribution in [2.45, 2.75) is 96.9 Å². The van der Waals surface area contributed by atoms with Gasteiger partial charge in [-0.05, 0) is 50.0 Å². The van der Waals surface area contributed by atoms with Crippen LogP contribution in [0, 0.1) is 0 Å². The van der Waals surface area contributed by atoms with Crippen LogP contribution in [0.4, 0.5) is 0 Å². The quantitative estimate of drug-likeness (QED) is 0.302. The van der Waals surface area contributed by atoms with Crippen molar-refractivity contribution in [3.8, 4) is 11.5 Å². The van der Waals surface area contributed by atoms with Gasteiger partial charge in [-0.15, -0.1) is 0 Å². The fraction of sp³-hybridized carbons (Fsp3) is 0.760. The second-order valence-electron chi connectivity index (χ2n) is 8.35. The van der Waals surface area contributed by atoms with E-state index in [9.17, 15) is 0 Å². The molecule has 1 aliphatic rings. The molecule has 0 N–H and O–H groups in total. The Morgan fingerprint density at radius 1 is 0.786 bits per heavy atom. The summed E-state index contributed by atoms with van der Waals surface area (Å²) in [6.07, 6.45) is 17.6. The van der Waals surface area contributed by atoms with Crippen molar-refractivity contribution in [2.75, 3.05) is 26.8 Å². The molecule has 1 aliphatic heterocycles. The molecule has 1 aromatic carbocycles. The first-order chi connectivity index (χ1) is 13.8. The van der Waals surface area contributed by atoms with E-state index in [1.54, 1.807) is 7.11 Å². The summed E-state index contributed by atoms with van der Waals surface area (Å²) in [6, 6.07) is 6.45. The molecule has 1 saturated heterocycles. The van der Waals surface area contributed by atoms with E-state index in [1.165, 1.54) is 95.7 Å². The van der Waals surface area contributed by atoms with Gasteiger partial charge in [0.2, 0.25) is 0 Å². The lowest BCUT2D eigenvalue weighted by Gasteiger charge is -2.26. The van der Waals surface area contributed by atoms with Crippen LogP contribution in [-0.4, -0.2) is 31.7 Å². The molecule has 160 valence electrons. The number of rotatable bonds is 15. The van der Waals surface area contributed by atoms with Crippen LogP contribution in [0.5, 0.6) is 11.5 Å². The van der Waals surface area contributed by atoms with Gasteiger partial charge in [0.05, 0.1) is 13.7 Å². The van der Waals surface area contributed by atoms with Crippen LogP contribution in [0.3, 0.4) is 0 Å². The van der Waals surface area contributed by atoms with Crippen LogP contribution in [0.1, 0.15) is 96.0 Å². The molecule has 0 aliphatic carbocycles. The highest BCUT2D eigenvalue weighted by Gasteiger charge is 2.12. The average molecular weight is 390 g/mol. The minimum Gasteiger partial charge on any atom is -0.493 e. The Hall–Kier alpha value is -1.22. The molecule has 0 amide bonds. The number of hydrogen-bond donors (Lipinski definition) is 0. The highest BCUT2D eigenvalue weighted by atomic mass is 16.5. The van der Waals surface area contributed by atoms with E-state index in [2.05, 4.69) is 30.0 Å². The lowest BCUT2D eigenvalue weighted by Crippen LogP contribution is -2.29. The Morgan fingerprint density at radius 2 is 1.43 bits per heavy atom. The molecule has 28 heavy (non-hydrogen) atoms. The minimum atomic E-state index is 0.790. The molecule has 0 unspecified atom stereocenters. The Kier molecular flexibility index (Phi) is 12.1. The van der Waals surface area contributed by atoms with Gasteiger partial charge in [-0.2, -0.15) is 0 Å². The summed E-state index contributed by atoms with van der Waals surface area (Å²) in [5.41, 5.74) is 1.32. The Labute approximate surface area is 173 Å². The largest absolute Gasteiger partial charge is 0.493 e. The number of piperidine rings is 1. The number of likely N-dealkylation sites (tertiary alicyclic amines) is 1. The fourth-order valence-corrected chi connectivity index (χ4v) is 4.08. The van der Waals surface area contributed by atoms with E-state index < -0.39 is 0 Å². The predicted octanol–water partition coefficient (Wildman–Crippen LogP) is 6.98. The van der Waals surface area contributed by atoms with Crippen LogP contribution >= 0.6 is 0 Å². The number of methoxy groups -OCH3 is 1. The molecule has 1 fully saturated rings. The van der Waals surface area contributed by atoms with Crippen molar-refractivity contribution >= 4 is 0 Å². The van der Waals surface area contributed by atoms with E-state index in [0.29, 0.717) is 0 Å². The number of nitrogens with zero attached hydrogens (tertiary/aromatic N) is 1. The van der Waals surface area contributed by atoms with E-state index in [1.807, 2.05) is 0 Å². The summed E-state index contributed by atoms with van der Waals surface area (Å²) < 4.78 is 11.6. The van der Waals surface area contributed by atoms with Gasteiger partial charge in [-0.25, -0.2) is 0 Å². The van der Waals surface area contributed by atoms with Crippen LogP contribution in [0.25, 0.3) is 0 Å². The molecule has 2 rings (SSSR count). The van der Waals surface area contributed by atoms with Crippen molar-refractivity contribution in [2.24, 2.45) is 0 Å². The van der Waals surface area contributed by atoms with E-state index >= 15 is 0 Å². The summed E-state index contributed by atoms with van der Waals surface area (Å²) >= 11 is 0. The number of benzene rings is 1. The maximum absolute atomic E-state index is 6.01. The molecule has 0 aromatic heterocycles. The molecule has 3 nitrogen and oxygen atoms in total. The molecule has 0 spiro atoms. The molecule has 3 heteroatoms. The zero-order chi connectivity index (χ0) is 19.9. The molecule has 0 saturated carbocycles. The van der Waals surface area contributed by atoms with E-state index in [0.717, 1.165) is 31.1 Å². The van der Waals surface area contributed by atoms with Crippen LogP contribution < -0.4 is 9.47 Å². The summed E-state index contributed by atoms with van der Waals surface area (Å²) in [6.45, 7) is 6.54. The van der Waals surface area contributed by atoms with Gasteiger partial charge in [0, 0.05) is 6.54 Å². The first-order valence-electron chi connectivity index (χ1n) is 11.9. The molecule has 0 atom stereocenters. The third-order valence-electron chi connectivity index (χ3n) is 5.84. The smallest absolute Gasteiger partial charge is 0.161 e. The lowest BCUT2D eigenvalue weighted by atomic mass is 10.1. The van der Waals surface area contributed by atoms with Crippen molar-refractivity contribution in [1.29, 1.82) is 0 Å². The maximum atomic E-state index is 6.01. The molecule has 1 aromatic rings. The highest BCUT2D eigenvalue weighted by molar-refractivity contribution is 5.43. The Balaban J connectivity index is 1.58. The lowest BCUT2D eigenvalue weighted by molar-refractivity contribution is 0.220. The van der Waals surface area contributed by atoms with Crippen LogP contribution in [0.15, 0.2) is 18.2 Å². The van der Waals surface area contributed by atoms with Crippen molar-refractivity contribution in [3.05, 3.63) is 23.8 Å². The third kappa shape index (κ3) is 9.32. The minimum absolute atomic E-state index is 0.790. The van der Waals surface area contributed by atoms with Gasteiger partial charge in [0.25, 0.3) is 0 Å². The van der Waals surface area contributed by atoms with Gasteiger partial charge in [0.1, 0.15) is 0 Å². The predicted molar refractivity (Wildman–Crippen MR) is 119 cm³/mol. The van der Waals surface area contributed by atoms with Crippen molar-refractivity contribution in [1.82, 2.24) is 4.90 Å². The number of hydrogen-bond acceptors (Lipinski definition) is 3. The van der Waals surface area contributed by atoms with E-state index in [-0.39, 0.29) is 0 Å². The maximum Gasteiger partial charge on any atom is 0.161 e. The standard InChI is InChI=1S/C25H43NO2/c1-3-4-5-6-7-8-9-10-11-15-20-28-24-17-16-23(21-25(24)27-2)22-26-18-13-12-14-19-26/h16-17,21H,3-15,18-20,22H2,1-2H3. The highest BCUT2D eigenvalue weighted by Crippen LogP contribution is 2.29. The molecular weight excluding hydrogens is 346 g/mol. The zero-order valence-electron chi connectivity index (χ0n) is 18.5. The number of ether oxygens (including phenoxy) is 2. The van der Waals surface area contributed by atoms with Crippen molar-refractivity contribution in [3.63, 3.8) is 0 Å². The summed E-state index contributed by atoms with van der Waals surface area (Å²) in [4.78, 5) is 2.54. The fourth-order valence-electron chi connectivity index (χ4n) is 4.08. The molecule has 0 bridgehead atoms. The second-order valence-corrected chi connectivity index (χ2v) is 8.35. The normalized spacial score (nSPS) is 14.9. The third-order valence-corrected chi connectivity index (χ3v) is 5.84. The summed E-state index contributed by atoms with van der Waals surface area (Å²) in [5.74, 6) is 1.77. The molecule has 1 heterocycles. The van der Waals surface area contributed by atoms with Gasteiger partial charge in [0.15, 0.2) is 11.5 Å². The van der Waals surface area contributed by atoms with Gasteiger partial charge < -0.3 is 9.47 Å². The van der Waals surface area contributed by atoms with Crippen LogP contribution in [0.2, 0.25) is 0 Å². The van der Waals surface area contributed by atoms with E-state index in [4.69, 9.17) is 9.47 Å². The first kappa shape index (κ1) is 23.1. The Morgan fingerprint density at radius 3 is 2.07 bits per heavy atom. The molecular formula is C25H43NO2. The van der Waals surface area contributed by atoms with Crippen LogP contribution in [-0.2, 0) is 6.54 Å². The van der Waals surface area contributed by atoms with Crippen molar-refractivity contribution < 1.29 is 9.47 Å².